The molecule has 2 aromatic carbocycles. The van der Waals surface area contributed by atoms with Crippen LogP contribution in [0.15, 0.2) is 47.5 Å². The molecule has 0 saturated heterocycles. The summed E-state index contributed by atoms with van der Waals surface area (Å²) in [6.45, 7) is 7.12. The van der Waals surface area contributed by atoms with E-state index in [1.54, 1.807) is 25.2 Å². The summed E-state index contributed by atoms with van der Waals surface area (Å²) in [5.74, 6) is 0.0652. The van der Waals surface area contributed by atoms with Crippen molar-refractivity contribution in [2.75, 3.05) is 13.6 Å². The molecular weight excluding hydrogens is 537 g/mol. The van der Waals surface area contributed by atoms with E-state index >= 15 is 0 Å². The van der Waals surface area contributed by atoms with Crippen LogP contribution in [-0.4, -0.2) is 53.1 Å². The standard InChI is InChI=1S/C26H28Cl2N2O2.C4H9NO2/c1-4-23(19-7-5-18(15-31)6-8-19)30-25(32)24(20-10-21(27)12-22(28)11-20)29-26(30)13-16(2)9-17(3)14-26;1-5-3-2-4(6)7/h5-8,10-12,15-17,23H,4,9,13-14H2,1-3H3;5H,2-3H2,1H3,(H,6,7). The minimum absolute atomic E-state index is 0.0871. The van der Waals surface area contributed by atoms with E-state index in [-0.39, 0.29) is 18.4 Å². The Morgan fingerprint density at radius 3 is 2.21 bits per heavy atom. The first kappa shape index (κ1) is 30.8. The summed E-state index contributed by atoms with van der Waals surface area (Å²) in [6.07, 6.45) is 4.56. The smallest absolute Gasteiger partial charge is 0.304 e. The van der Waals surface area contributed by atoms with Gasteiger partial charge >= 0.3 is 5.97 Å². The highest BCUT2D eigenvalue weighted by Gasteiger charge is 2.52. The van der Waals surface area contributed by atoms with Crippen LogP contribution in [0.4, 0.5) is 0 Å². The third-order valence-corrected chi connectivity index (χ3v) is 7.66. The first-order chi connectivity index (χ1) is 18.5. The Hall–Kier alpha value is -2.74. The van der Waals surface area contributed by atoms with Crippen LogP contribution in [0.2, 0.25) is 10.0 Å². The minimum atomic E-state index is -0.755. The number of rotatable bonds is 8. The average Bonchev–Trinajstić information content (AvgIpc) is 3.13. The van der Waals surface area contributed by atoms with Crippen molar-refractivity contribution in [3.63, 3.8) is 0 Å². The summed E-state index contributed by atoms with van der Waals surface area (Å²) in [5.41, 5.74) is 2.13. The number of carbonyl (C=O) groups excluding carboxylic acids is 2. The SMILES string of the molecule is CCC(c1ccc(C=O)cc1)N1C(=O)C(c2cc(Cl)cc(Cl)c2)=NC12CC(C)CC(C)C2.CNCCC(=O)O. The van der Waals surface area contributed by atoms with Gasteiger partial charge in [-0.25, -0.2) is 0 Å². The predicted octanol–water partition coefficient (Wildman–Crippen LogP) is 6.42. The normalized spacial score (nSPS) is 23.2. The van der Waals surface area contributed by atoms with Crippen molar-refractivity contribution < 1.29 is 19.5 Å². The number of aliphatic imine (C=N–C) groups is 1. The number of carbonyl (C=O) groups is 3. The maximum absolute atomic E-state index is 14.0. The Labute approximate surface area is 240 Å². The first-order valence-corrected chi connectivity index (χ1v) is 14.1. The number of benzene rings is 2. The molecule has 39 heavy (non-hydrogen) atoms. The van der Waals surface area contributed by atoms with Crippen molar-refractivity contribution in [1.29, 1.82) is 0 Å². The zero-order valence-electron chi connectivity index (χ0n) is 22.9. The van der Waals surface area contributed by atoms with Crippen molar-refractivity contribution in [1.82, 2.24) is 10.2 Å². The van der Waals surface area contributed by atoms with E-state index in [4.69, 9.17) is 33.3 Å². The van der Waals surface area contributed by atoms with E-state index in [0.29, 0.717) is 45.3 Å². The van der Waals surface area contributed by atoms with E-state index < -0.39 is 11.6 Å². The van der Waals surface area contributed by atoms with Crippen molar-refractivity contribution in [3.8, 4) is 0 Å². The number of nitrogens with one attached hydrogen (secondary N) is 1. The van der Waals surface area contributed by atoms with Gasteiger partial charge < -0.3 is 15.3 Å². The highest BCUT2D eigenvalue weighted by Crippen LogP contribution is 2.48. The molecule has 9 heteroatoms. The Kier molecular flexibility index (Phi) is 10.7. The first-order valence-electron chi connectivity index (χ1n) is 13.3. The van der Waals surface area contributed by atoms with Gasteiger partial charge in [-0.15, -0.1) is 0 Å². The van der Waals surface area contributed by atoms with Gasteiger partial charge in [0.05, 0.1) is 12.5 Å². The molecule has 1 spiro atoms. The van der Waals surface area contributed by atoms with Crippen LogP contribution in [0.5, 0.6) is 0 Å². The number of carboxylic acid groups (broad SMARTS) is 1. The van der Waals surface area contributed by atoms with Crippen LogP contribution in [0, 0.1) is 11.8 Å². The quantitative estimate of drug-likeness (QED) is 0.355. The third kappa shape index (κ3) is 7.47. The van der Waals surface area contributed by atoms with Crippen LogP contribution in [0.3, 0.4) is 0 Å². The molecule has 1 fully saturated rings. The summed E-state index contributed by atoms with van der Waals surface area (Å²) >= 11 is 12.5. The molecule has 2 aromatic rings. The molecule has 0 aromatic heterocycles. The topological polar surface area (TPSA) is 99.1 Å². The van der Waals surface area contributed by atoms with Crippen LogP contribution in [-0.2, 0) is 9.59 Å². The van der Waals surface area contributed by atoms with Crippen LogP contribution in [0.25, 0.3) is 0 Å². The van der Waals surface area contributed by atoms with Gasteiger partial charge in [-0.2, -0.15) is 0 Å². The monoisotopic (exact) mass is 573 g/mol. The lowest BCUT2D eigenvalue weighted by atomic mass is 9.75. The molecule has 0 radical (unpaired) electrons. The largest absolute Gasteiger partial charge is 0.481 e. The molecule has 4 rings (SSSR count). The number of amides is 1. The number of hydrogen-bond acceptors (Lipinski definition) is 5. The highest BCUT2D eigenvalue weighted by molar-refractivity contribution is 6.47. The summed E-state index contributed by atoms with van der Waals surface area (Å²) in [6, 6.07) is 12.6. The second-order valence-electron chi connectivity index (χ2n) is 10.6. The van der Waals surface area contributed by atoms with Gasteiger partial charge in [0.15, 0.2) is 0 Å². The second-order valence-corrected chi connectivity index (χ2v) is 11.5. The summed E-state index contributed by atoms with van der Waals surface area (Å²) in [5, 5.41) is 11.7. The molecule has 1 aliphatic heterocycles. The Morgan fingerprint density at radius 2 is 1.74 bits per heavy atom. The molecule has 2 aliphatic rings. The van der Waals surface area contributed by atoms with Gasteiger partial charge in [-0.05, 0) is 68.3 Å². The lowest BCUT2D eigenvalue weighted by Crippen LogP contribution is -2.52. The number of carboxylic acids is 1. The fourth-order valence-electron chi connectivity index (χ4n) is 5.86. The van der Waals surface area contributed by atoms with Crippen molar-refractivity contribution in [2.45, 2.75) is 64.6 Å². The second kappa shape index (κ2) is 13.6. The van der Waals surface area contributed by atoms with Gasteiger partial charge in [0.1, 0.15) is 17.7 Å². The van der Waals surface area contributed by atoms with Crippen molar-refractivity contribution >= 4 is 47.1 Å². The fourth-order valence-corrected chi connectivity index (χ4v) is 6.39. The molecule has 3 atom stereocenters. The summed E-state index contributed by atoms with van der Waals surface area (Å²) < 4.78 is 0. The molecule has 210 valence electrons. The molecule has 1 saturated carbocycles. The molecule has 7 nitrogen and oxygen atoms in total. The van der Waals surface area contributed by atoms with Gasteiger partial charge in [0.2, 0.25) is 0 Å². The number of hydrogen-bond donors (Lipinski definition) is 2. The van der Waals surface area contributed by atoms with Crippen LogP contribution in [0.1, 0.15) is 80.4 Å². The van der Waals surface area contributed by atoms with Crippen molar-refractivity contribution in [2.24, 2.45) is 16.8 Å². The molecule has 1 heterocycles. The van der Waals surface area contributed by atoms with Crippen molar-refractivity contribution in [3.05, 3.63) is 69.2 Å². The average molecular weight is 575 g/mol. The van der Waals surface area contributed by atoms with Crippen LogP contribution < -0.4 is 5.32 Å². The summed E-state index contributed by atoms with van der Waals surface area (Å²) in [7, 11) is 1.73. The Balaban J connectivity index is 0.000000532. The number of aliphatic carboxylic acids is 1. The van der Waals surface area contributed by atoms with E-state index in [9.17, 15) is 14.4 Å². The maximum Gasteiger partial charge on any atom is 0.304 e. The number of aldehydes is 1. The van der Waals surface area contributed by atoms with Gasteiger partial charge in [0, 0.05) is 27.7 Å². The molecule has 2 N–H and O–H groups in total. The van der Waals surface area contributed by atoms with Gasteiger partial charge in [-0.1, -0.05) is 68.2 Å². The Morgan fingerprint density at radius 1 is 1.15 bits per heavy atom. The van der Waals surface area contributed by atoms with Gasteiger partial charge in [-0.3, -0.25) is 19.4 Å². The number of halogens is 2. The van der Waals surface area contributed by atoms with Crippen LogP contribution >= 0.6 is 23.2 Å². The van der Waals surface area contributed by atoms with E-state index in [0.717, 1.165) is 37.5 Å². The molecule has 3 unspecified atom stereocenters. The van der Waals surface area contributed by atoms with Gasteiger partial charge in [0.25, 0.3) is 5.91 Å². The lowest BCUT2D eigenvalue weighted by molar-refractivity contribution is -0.137. The number of nitrogens with zero attached hydrogens (tertiary/aromatic N) is 2. The molecule has 1 aliphatic carbocycles. The summed E-state index contributed by atoms with van der Waals surface area (Å²) in [4.78, 5) is 42.0. The predicted molar refractivity (Wildman–Crippen MR) is 156 cm³/mol. The fraction of sp³-hybridized carbons (Fsp3) is 0.467. The zero-order chi connectivity index (χ0) is 28.7. The van der Waals surface area contributed by atoms with E-state index in [1.165, 1.54) is 0 Å². The Bertz CT molecular complexity index is 1180. The highest BCUT2D eigenvalue weighted by atomic mass is 35.5. The lowest BCUT2D eigenvalue weighted by Gasteiger charge is -2.47. The third-order valence-electron chi connectivity index (χ3n) is 7.23. The minimum Gasteiger partial charge on any atom is -0.481 e. The van der Waals surface area contributed by atoms with E-state index in [2.05, 4.69) is 26.1 Å². The zero-order valence-corrected chi connectivity index (χ0v) is 24.4. The molecule has 1 amide bonds. The molecular formula is C30H37Cl2N3O4. The molecule has 0 bridgehead atoms. The van der Waals surface area contributed by atoms with E-state index in [1.807, 2.05) is 29.2 Å². The maximum atomic E-state index is 14.0.